The quantitative estimate of drug-likeness (QED) is 0.512. The Morgan fingerprint density at radius 2 is 2.00 bits per heavy atom. The summed E-state index contributed by atoms with van der Waals surface area (Å²) in [6.07, 6.45) is 0. The number of carbonyl (C=O) groups is 1. The van der Waals surface area contributed by atoms with Gasteiger partial charge in [-0.05, 0) is 12.1 Å². The Bertz CT molecular complexity index is 328. The van der Waals surface area contributed by atoms with Crippen LogP contribution in [0.5, 0.6) is 0 Å². The van der Waals surface area contributed by atoms with Crippen LogP contribution in [0.15, 0.2) is 18.2 Å². The lowest BCUT2D eigenvalue weighted by Gasteiger charge is -2.15. The van der Waals surface area contributed by atoms with Crippen molar-refractivity contribution in [3.05, 3.63) is 29.0 Å². The summed E-state index contributed by atoms with van der Waals surface area (Å²) in [6, 6.07) is 5.06. The van der Waals surface area contributed by atoms with E-state index in [1.165, 1.54) is 0 Å². The van der Waals surface area contributed by atoms with E-state index in [-0.39, 0.29) is 5.78 Å². The van der Waals surface area contributed by atoms with Crippen molar-refractivity contribution in [2.45, 2.75) is 20.8 Å². The molecule has 0 bridgehead atoms. The van der Waals surface area contributed by atoms with Crippen LogP contribution in [0.2, 0.25) is 5.15 Å². The Labute approximate surface area is 82.9 Å². The maximum atomic E-state index is 11.7. The molecule has 0 radical (unpaired) electrons. The molecule has 0 N–H and O–H groups in total. The zero-order valence-corrected chi connectivity index (χ0v) is 8.72. The minimum absolute atomic E-state index is 0.00926. The van der Waals surface area contributed by atoms with E-state index >= 15 is 0 Å². The molecule has 1 aromatic rings. The third-order valence-electron chi connectivity index (χ3n) is 1.63. The monoisotopic (exact) mass is 197 g/mol. The second-order valence-electron chi connectivity index (χ2n) is 3.92. The van der Waals surface area contributed by atoms with Crippen LogP contribution in [0.25, 0.3) is 0 Å². The molecule has 13 heavy (non-hydrogen) atoms. The molecule has 0 aliphatic heterocycles. The number of Topliss-reactive ketones (excluding diaryl/α,β-unsaturated/α-hetero) is 1. The molecule has 70 valence electrons. The summed E-state index contributed by atoms with van der Waals surface area (Å²) in [7, 11) is 0. The number of halogens is 1. The second-order valence-corrected chi connectivity index (χ2v) is 4.31. The van der Waals surface area contributed by atoms with Gasteiger partial charge in [-0.1, -0.05) is 38.4 Å². The SMILES string of the molecule is CC(C)(C)C(=O)c1cccc(Cl)n1. The smallest absolute Gasteiger partial charge is 0.186 e. The topological polar surface area (TPSA) is 30.0 Å². The van der Waals surface area contributed by atoms with Gasteiger partial charge in [-0.15, -0.1) is 0 Å². The number of nitrogens with zero attached hydrogens (tertiary/aromatic N) is 1. The van der Waals surface area contributed by atoms with Gasteiger partial charge in [0.2, 0.25) is 0 Å². The van der Waals surface area contributed by atoms with Crippen LogP contribution in [0, 0.1) is 5.41 Å². The number of carbonyl (C=O) groups excluding carboxylic acids is 1. The number of hydrogen-bond donors (Lipinski definition) is 0. The molecule has 0 atom stereocenters. The first-order chi connectivity index (χ1) is 5.91. The van der Waals surface area contributed by atoms with Gasteiger partial charge in [0.25, 0.3) is 0 Å². The maximum absolute atomic E-state index is 11.7. The van der Waals surface area contributed by atoms with Crippen molar-refractivity contribution in [2.75, 3.05) is 0 Å². The van der Waals surface area contributed by atoms with E-state index in [0.29, 0.717) is 10.8 Å². The number of aromatic nitrogens is 1. The molecule has 0 saturated carbocycles. The van der Waals surface area contributed by atoms with E-state index in [1.807, 2.05) is 20.8 Å². The zero-order valence-electron chi connectivity index (χ0n) is 7.97. The summed E-state index contributed by atoms with van der Waals surface area (Å²) in [6.45, 7) is 5.58. The lowest BCUT2D eigenvalue weighted by molar-refractivity contribution is 0.0853. The molecule has 1 heterocycles. The first-order valence-corrected chi connectivity index (χ1v) is 4.46. The van der Waals surface area contributed by atoms with Crippen molar-refractivity contribution in [3.8, 4) is 0 Å². The highest BCUT2D eigenvalue weighted by Gasteiger charge is 2.23. The van der Waals surface area contributed by atoms with Crippen LogP contribution in [-0.2, 0) is 0 Å². The van der Waals surface area contributed by atoms with Crippen molar-refractivity contribution < 1.29 is 4.79 Å². The Balaban J connectivity index is 3.03. The number of pyridine rings is 1. The predicted molar refractivity (Wildman–Crippen MR) is 53.0 cm³/mol. The largest absolute Gasteiger partial charge is 0.292 e. The molecule has 0 unspecified atom stereocenters. The Hall–Kier alpha value is -0.890. The summed E-state index contributed by atoms with van der Waals surface area (Å²) in [5, 5.41) is 0.357. The fraction of sp³-hybridized carbons (Fsp3) is 0.400. The van der Waals surface area contributed by atoms with Gasteiger partial charge in [0.1, 0.15) is 10.8 Å². The van der Waals surface area contributed by atoms with Crippen molar-refractivity contribution >= 4 is 17.4 Å². The van der Waals surface area contributed by atoms with Crippen molar-refractivity contribution in [2.24, 2.45) is 5.41 Å². The third kappa shape index (κ3) is 2.52. The number of rotatable bonds is 1. The first kappa shape index (κ1) is 10.2. The predicted octanol–water partition coefficient (Wildman–Crippen LogP) is 2.96. The number of hydrogen-bond acceptors (Lipinski definition) is 2. The van der Waals surface area contributed by atoms with Crippen LogP contribution in [-0.4, -0.2) is 10.8 Å². The summed E-state index contributed by atoms with van der Waals surface area (Å²) in [4.78, 5) is 15.7. The molecular weight excluding hydrogens is 186 g/mol. The highest BCUT2D eigenvalue weighted by Crippen LogP contribution is 2.20. The zero-order chi connectivity index (χ0) is 10.1. The van der Waals surface area contributed by atoms with Crippen LogP contribution in [0.3, 0.4) is 0 Å². The van der Waals surface area contributed by atoms with Crippen LogP contribution in [0.1, 0.15) is 31.3 Å². The summed E-state index contributed by atoms with van der Waals surface area (Å²) >= 11 is 5.68. The van der Waals surface area contributed by atoms with Gasteiger partial charge in [0.15, 0.2) is 5.78 Å². The van der Waals surface area contributed by atoms with Crippen LogP contribution >= 0.6 is 11.6 Å². The lowest BCUT2D eigenvalue weighted by atomic mass is 9.89. The Kier molecular flexibility index (Phi) is 2.71. The van der Waals surface area contributed by atoms with Gasteiger partial charge in [0, 0.05) is 5.41 Å². The van der Waals surface area contributed by atoms with Gasteiger partial charge in [0.05, 0.1) is 0 Å². The average molecular weight is 198 g/mol. The van der Waals surface area contributed by atoms with Gasteiger partial charge in [-0.3, -0.25) is 4.79 Å². The standard InChI is InChI=1S/C10H12ClNO/c1-10(2,3)9(13)7-5-4-6-8(11)12-7/h4-6H,1-3H3. The molecule has 0 aromatic carbocycles. The fourth-order valence-corrected chi connectivity index (χ4v) is 1.08. The third-order valence-corrected chi connectivity index (χ3v) is 1.84. The van der Waals surface area contributed by atoms with Gasteiger partial charge in [-0.25, -0.2) is 4.98 Å². The minimum atomic E-state index is -0.405. The highest BCUT2D eigenvalue weighted by molar-refractivity contribution is 6.29. The molecule has 3 heteroatoms. The maximum Gasteiger partial charge on any atom is 0.186 e. The molecule has 0 aliphatic carbocycles. The van der Waals surface area contributed by atoms with Crippen molar-refractivity contribution in [1.29, 1.82) is 0 Å². The van der Waals surface area contributed by atoms with Gasteiger partial charge < -0.3 is 0 Å². The average Bonchev–Trinajstić information content (AvgIpc) is 2.01. The molecule has 0 spiro atoms. The van der Waals surface area contributed by atoms with Crippen LogP contribution < -0.4 is 0 Å². The lowest BCUT2D eigenvalue weighted by Crippen LogP contribution is -2.21. The molecule has 1 rings (SSSR count). The van der Waals surface area contributed by atoms with Crippen molar-refractivity contribution in [3.63, 3.8) is 0 Å². The van der Waals surface area contributed by atoms with E-state index in [4.69, 9.17) is 11.6 Å². The van der Waals surface area contributed by atoms with Crippen molar-refractivity contribution in [1.82, 2.24) is 4.98 Å². The molecular formula is C10H12ClNO. The molecule has 0 aliphatic rings. The fourth-order valence-electron chi connectivity index (χ4n) is 0.919. The summed E-state index contributed by atoms with van der Waals surface area (Å²) < 4.78 is 0. The van der Waals surface area contributed by atoms with E-state index in [2.05, 4.69) is 4.98 Å². The van der Waals surface area contributed by atoms with E-state index in [0.717, 1.165) is 0 Å². The molecule has 2 nitrogen and oxygen atoms in total. The molecule has 0 saturated heterocycles. The van der Waals surface area contributed by atoms with Gasteiger partial charge >= 0.3 is 0 Å². The van der Waals surface area contributed by atoms with Gasteiger partial charge in [-0.2, -0.15) is 0 Å². The van der Waals surface area contributed by atoms with Crippen LogP contribution in [0.4, 0.5) is 0 Å². The van der Waals surface area contributed by atoms with E-state index in [9.17, 15) is 4.79 Å². The molecule has 0 fully saturated rings. The Morgan fingerprint density at radius 1 is 1.38 bits per heavy atom. The molecule has 0 amide bonds. The van der Waals surface area contributed by atoms with E-state index in [1.54, 1.807) is 18.2 Å². The number of ketones is 1. The highest BCUT2D eigenvalue weighted by atomic mass is 35.5. The molecule has 1 aromatic heterocycles. The Morgan fingerprint density at radius 3 is 2.46 bits per heavy atom. The summed E-state index contributed by atoms with van der Waals surface area (Å²) in [5.41, 5.74) is 0.0255. The minimum Gasteiger partial charge on any atom is -0.292 e. The second kappa shape index (κ2) is 3.46. The normalized spacial score (nSPS) is 11.4. The first-order valence-electron chi connectivity index (χ1n) is 4.08. The van der Waals surface area contributed by atoms with E-state index < -0.39 is 5.41 Å². The summed E-state index contributed by atoms with van der Waals surface area (Å²) in [5.74, 6) is 0.00926.